The first kappa shape index (κ1) is 23.9. The quantitative estimate of drug-likeness (QED) is 0.703. The number of hydrogen-bond donors (Lipinski definition) is 2. The molecule has 0 bridgehead atoms. The number of nitrogens with zero attached hydrogens (tertiary/aromatic N) is 3. The number of nitrogens with two attached hydrogens (primary N) is 1. The topological polar surface area (TPSA) is 76.2 Å². The Balaban J connectivity index is 0.00000155. The maximum atomic E-state index is 13.3. The fourth-order valence-electron chi connectivity index (χ4n) is 4.15. The molecular formula is C24H39N5O. The molecule has 6 nitrogen and oxygen atoms in total. The standard InChI is InChI=1S/C22H33N5O.C2H6/c1-4-5-16(2)6-11-20-15-27(14-19-13-24-26(3)21(19)25-20)22(28)18-9-7-17(12-23)8-10-18;1-2/h4-5,11,13,17-18,25H,1,6-10,12,14-15,23H2,2-3H3;1-2H3/b16-5-,20-11+;. The van der Waals surface area contributed by atoms with Gasteiger partial charge in [0.05, 0.1) is 19.3 Å². The first-order valence-electron chi connectivity index (χ1n) is 11.3. The molecule has 0 aromatic carbocycles. The molecule has 2 heterocycles. The van der Waals surface area contributed by atoms with Crippen LogP contribution in [0.25, 0.3) is 0 Å². The Hall–Kier alpha value is -2.34. The Morgan fingerprint density at radius 3 is 2.63 bits per heavy atom. The fourth-order valence-corrected chi connectivity index (χ4v) is 4.15. The maximum absolute atomic E-state index is 13.3. The molecule has 3 N–H and O–H groups in total. The predicted molar refractivity (Wildman–Crippen MR) is 125 cm³/mol. The largest absolute Gasteiger partial charge is 0.342 e. The normalized spacial score (nSPS) is 23.0. The lowest BCUT2D eigenvalue weighted by molar-refractivity contribution is -0.137. The van der Waals surface area contributed by atoms with Crippen molar-refractivity contribution in [1.82, 2.24) is 14.7 Å². The molecule has 1 fully saturated rings. The minimum atomic E-state index is 0.115. The third-order valence-electron chi connectivity index (χ3n) is 5.93. The third kappa shape index (κ3) is 6.08. The number of rotatable bonds is 5. The summed E-state index contributed by atoms with van der Waals surface area (Å²) in [4.78, 5) is 15.3. The monoisotopic (exact) mass is 413 g/mol. The molecule has 0 radical (unpaired) electrons. The van der Waals surface area contributed by atoms with Crippen molar-refractivity contribution in [2.75, 3.05) is 18.4 Å². The number of fused-ring (bicyclic) bond motifs is 1. The summed E-state index contributed by atoms with van der Waals surface area (Å²) in [5.41, 5.74) is 9.15. The average Bonchev–Trinajstić information content (AvgIpc) is 3.00. The number of carbonyl (C=O) groups is 1. The molecule has 1 amide bonds. The van der Waals surface area contributed by atoms with E-state index < -0.39 is 0 Å². The van der Waals surface area contributed by atoms with Crippen molar-refractivity contribution in [1.29, 1.82) is 0 Å². The molecule has 1 saturated carbocycles. The summed E-state index contributed by atoms with van der Waals surface area (Å²) in [5, 5.41) is 7.88. The molecule has 6 heteroatoms. The molecule has 0 saturated heterocycles. The summed E-state index contributed by atoms with van der Waals surface area (Å²) < 4.78 is 1.84. The van der Waals surface area contributed by atoms with Gasteiger partial charge in [-0.1, -0.05) is 44.2 Å². The lowest BCUT2D eigenvalue weighted by Gasteiger charge is -2.31. The SMILES string of the molecule is C=C/C=C(/C)C/C=C1\CN(C(=O)C2CCC(CN)CC2)Cc2cnn(C)c2N1.CC. The van der Waals surface area contributed by atoms with E-state index in [0.717, 1.165) is 55.7 Å². The van der Waals surface area contributed by atoms with Gasteiger partial charge < -0.3 is 16.0 Å². The van der Waals surface area contributed by atoms with Crippen molar-refractivity contribution in [3.05, 3.63) is 47.8 Å². The number of anilines is 1. The van der Waals surface area contributed by atoms with Gasteiger partial charge in [0.1, 0.15) is 5.82 Å². The molecule has 0 atom stereocenters. The number of hydrogen-bond acceptors (Lipinski definition) is 4. The molecule has 2 aliphatic rings. The molecule has 3 rings (SSSR count). The van der Waals surface area contributed by atoms with Gasteiger partial charge in [0, 0.05) is 24.2 Å². The lowest BCUT2D eigenvalue weighted by atomic mass is 9.81. The van der Waals surface area contributed by atoms with Gasteiger partial charge in [-0.25, -0.2) is 0 Å². The van der Waals surface area contributed by atoms with Crippen LogP contribution < -0.4 is 11.1 Å². The van der Waals surface area contributed by atoms with Crippen LogP contribution in [0.3, 0.4) is 0 Å². The van der Waals surface area contributed by atoms with Gasteiger partial charge in [-0.05, 0) is 51.5 Å². The van der Waals surface area contributed by atoms with Crippen molar-refractivity contribution in [2.24, 2.45) is 24.6 Å². The van der Waals surface area contributed by atoms with Crippen LogP contribution in [-0.4, -0.2) is 33.7 Å². The maximum Gasteiger partial charge on any atom is 0.226 e. The van der Waals surface area contributed by atoms with Gasteiger partial charge in [0.2, 0.25) is 5.91 Å². The van der Waals surface area contributed by atoms with Crippen molar-refractivity contribution < 1.29 is 4.79 Å². The Morgan fingerprint density at radius 2 is 2.00 bits per heavy atom. The van der Waals surface area contributed by atoms with Crippen LogP contribution in [0.15, 0.2) is 42.3 Å². The van der Waals surface area contributed by atoms with Crippen LogP contribution in [0.4, 0.5) is 5.82 Å². The van der Waals surface area contributed by atoms with E-state index in [1.807, 2.05) is 42.7 Å². The van der Waals surface area contributed by atoms with Gasteiger partial charge in [0.25, 0.3) is 0 Å². The minimum Gasteiger partial charge on any atom is -0.342 e. The van der Waals surface area contributed by atoms with E-state index in [1.165, 1.54) is 5.57 Å². The lowest BCUT2D eigenvalue weighted by Crippen LogP contribution is -2.38. The van der Waals surface area contributed by atoms with Gasteiger partial charge in [0.15, 0.2) is 0 Å². The van der Waals surface area contributed by atoms with Crippen LogP contribution in [0, 0.1) is 11.8 Å². The highest BCUT2D eigenvalue weighted by Crippen LogP contribution is 2.31. The number of allylic oxidation sites excluding steroid dienone is 4. The van der Waals surface area contributed by atoms with E-state index in [1.54, 1.807) is 6.08 Å². The highest BCUT2D eigenvalue weighted by Gasteiger charge is 2.31. The van der Waals surface area contributed by atoms with Crippen LogP contribution in [0.5, 0.6) is 0 Å². The number of amides is 1. The second-order valence-corrected chi connectivity index (χ2v) is 8.10. The zero-order valence-corrected chi connectivity index (χ0v) is 19.2. The van der Waals surface area contributed by atoms with E-state index in [-0.39, 0.29) is 11.8 Å². The summed E-state index contributed by atoms with van der Waals surface area (Å²) in [7, 11) is 1.93. The second kappa shape index (κ2) is 11.7. The van der Waals surface area contributed by atoms with Crippen molar-refractivity contribution >= 4 is 11.7 Å². The molecule has 0 spiro atoms. The summed E-state index contributed by atoms with van der Waals surface area (Å²) in [5.74, 6) is 1.93. The first-order valence-corrected chi connectivity index (χ1v) is 11.3. The number of nitrogens with one attached hydrogen (secondary N) is 1. The molecule has 1 aromatic heterocycles. The molecule has 30 heavy (non-hydrogen) atoms. The highest BCUT2D eigenvalue weighted by molar-refractivity contribution is 5.80. The third-order valence-corrected chi connectivity index (χ3v) is 5.93. The molecular weight excluding hydrogens is 374 g/mol. The van der Waals surface area contributed by atoms with Crippen LogP contribution >= 0.6 is 0 Å². The number of carbonyl (C=O) groups excluding carboxylic acids is 1. The van der Waals surface area contributed by atoms with Crippen LogP contribution in [0.2, 0.25) is 0 Å². The van der Waals surface area contributed by atoms with Gasteiger partial charge >= 0.3 is 0 Å². The zero-order chi connectivity index (χ0) is 22.1. The summed E-state index contributed by atoms with van der Waals surface area (Å²) in [6, 6.07) is 0. The number of aryl methyl sites for hydroxylation is 1. The molecule has 0 unspecified atom stereocenters. The fraction of sp³-hybridized carbons (Fsp3) is 0.583. The molecule has 1 aromatic rings. The highest BCUT2D eigenvalue weighted by atomic mass is 16.2. The predicted octanol–water partition coefficient (Wildman–Crippen LogP) is 4.37. The van der Waals surface area contributed by atoms with Gasteiger partial charge in [-0.3, -0.25) is 9.48 Å². The zero-order valence-electron chi connectivity index (χ0n) is 19.2. The van der Waals surface area contributed by atoms with Crippen molar-refractivity contribution in [2.45, 2.75) is 59.4 Å². The van der Waals surface area contributed by atoms with Crippen LogP contribution in [-0.2, 0) is 18.4 Å². The first-order chi connectivity index (χ1) is 14.5. The molecule has 166 valence electrons. The summed E-state index contributed by atoms with van der Waals surface area (Å²) in [6.45, 7) is 11.8. The van der Waals surface area contributed by atoms with E-state index in [0.29, 0.717) is 19.0 Å². The van der Waals surface area contributed by atoms with E-state index >= 15 is 0 Å². The number of aromatic nitrogens is 2. The minimum absolute atomic E-state index is 0.115. The average molecular weight is 414 g/mol. The van der Waals surface area contributed by atoms with Crippen molar-refractivity contribution in [3.63, 3.8) is 0 Å². The van der Waals surface area contributed by atoms with Crippen LogP contribution in [0.1, 0.15) is 58.4 Å². The van der Waals surface area contributed by atoms with E-state index in [4.69, 9.17) is 5.73 Å². The second-order valence-electron chi connectivity index (χ2n) is 8.10. The van der Waals surface area contributed by atoms with Gasteiger partial charge in [-0.2, -0.15) is 5.10 Å². The summed E-state index contributed by atoms with van der Waals surface area (Å²) >= 11 is 0. The molecule has 1 aliphatic heterocycles. The Morgan fingerprint density at radius 1 is 1.30 bits per heavy atom. The van der Waals surface area contributed by atoms with Gasteiger partial charge in [-0.15, -0.1) is 0 Å². The Bertz CT molecular complexity index is 769. The Labute approximate surface area is 181 Å². The van der Waals surface area contributed by atoms with E-state index in [9.17, 15) is 4.79 Å². The Kier molecular flexibility index (Phi) is 9.37. The smallest absolute Gasteiger partial charge is 0.226 e. The molecule has 1 aliphatic carbocycles. The van der Waals surface area contributed by atoms with Crippen molar-refractivity contribution in [3.8, 4) is 0 Å². The van der Waals surface area contributed by atoms with E-state index in [2.05, 4.69) is 30.0 Å². The summed E-state index contributed by atoms with van der Waals surface area (Å²) in [6.07, 6.45) is 12.7.